The Morgan fingerprint density at radius 2 is 2.29 bits per heavy atom. The molecule has 14 heavy (non-hydrogen) atoms. The van der Waals surface area contributed by atoms with E-state index in [2.05, 4.69) is 0 Å². The molecule has 1 aromatic carbocycles. The molecule has 0 amide bonds. The van der Waals surface area contributed by atoms with Gasteiger partial charge in [0, 0.05) is 5.56 Å². The lowest BCUT2D eigenvalue weighted by molar-refractivity contribution is -0.139. The molecule has 0 radical (unpaired) electrons. The van der Waals surface area contributed by atoms with E-state index in [1.807, 2.05) is 0 Å². The monoisotopic (exact) mass is 214 g/mol. The third-order valence-corrected chi connectivity index (χ3v) is 1.80. The van der Waals surface area contributed by atoms with Crippen molar-refractivity contribution < 1.29 is 19.4 Å². The number of carbonyl (C=O) groups excluding carboxylic acids is 1. The summed E-state index contributed by atoms with van der Waals surface area (Å²) in [5.41, 5.74) is 0.273. The third-order valence-electron chi connectivity index (χ3n) is 1.46. The Kier molecular flexibility index (Phi) is 3.48. The molecule has 0 aliphatic heterocycles. The molecule has 1 rings (SSSR count). The van der Waals surface area contributed by atoms with Crippen LogP contribution in [0.1, 0.15) is 10.4 Å². The van der Waals surface area contributed by atoms with Crippen LogP contribution in [0.2, 0.25) is 5.02 Å². The van der Waals surface area contributed by atoms with Gasteiger partial charge in [0.15, 0.2) is 12.9 Å². The van der Waals surface area contributed by atoms with Gasteiger partial charge in [-0.15, -0.1) is 0 Å². The van der Waals surface area contributed by atoms with Gasteiger partial charge in [0.2, 0.25) is 0 Å². The van der Waals surface area contributed by atoms with Gasteiger partial charge >= 0.3 is 5.97 Å². The second kappa shape index (κ2) is 4.62. The third kappa shape index (κ3) is 2.74. The number of aliphatic carboxylic acids is 1. The Bertz CT molecular complexity index is 362. The normalized spacial score (nSPS) is 9.50. The number of benzene rings is 1. The summed E-state index contributed by atoms with van der Waals surface area (Å²) >= 11 is 5.66. The molecule has 0 aromatic heterocycles. The van der Waals surface area contributed by atoms with E-state index < -0.39 is 12.6 Å². The van der Waals surface area contributed by atoms with E-state index in [0.29, 0.717) is 17.1 Å². The summed E-state index contributed by atoms with van der Waals surface area (Å²) < 4.78 is 4.85. The van der Waals surface area contributed by atoms with Crippen molar-refractivity contribution in [2.45, 2.75) is 0 Å². The van der Waals surface area contributed by atoms with Crippen molar-refractivity contribution in [2.24, 2.45) is 0 Å². The Labute approximate surface area is 85.1 Å². The van der Waals surface area contributed by atoms with Crippen LogP contribution in [0, 0.1) is 0 Å². The van der Waals surface area contributed by atoms with Gasteiger partial charge in [0.1, 0.15) is 5.75 Å². The standard InChI is InChI=1S/C9H7ClO4/c10-8-2-1-7(3-6(8)4-11)14-5-9(12)13/h1-4H,5H2,(H,12,13). The first-order chi connectivity index (χ1) is 6.63. The molecule has 0 unspecified atom stereocenters. The lowest BCUT2D eigenvalue weighted by Gasteiger charge is -2.03. The van der Waals surface area contributed by atoms with Crippen molar-refractivity contribution in [3.63, 3.8) is 0 Å². The molecule has 0 spiro atoms. The fourth-order valence-corrected chi connectivity index (χ4v) is 1.01. The number of carboxylic acids is 1. The molecule has 0 fully saturated rings. The zero-order valence-corrected chi connectivity index (χ0v) is 7.82. The number of hydrogen-bond donors (Lipinski definition) is 1. The van der Waals surface area contributed by atoms with Crippen molar-refractivity contribution in [2.75, 3.05) is 6.61 Å². The molecule has 74 valence electrons. The van der Waals surface area contributed by atoms with Crippen molar-refractivity contribution in [1.82, 2.24) is 0 Å². The van der Waals surface area contributed by atoms with Crippen molar-refractivity contribution in [3.05, 3.63) is 28.8 Å². The van der Waals surface area contributed by atoms with Crippen LogP contribution in [0.3, 0.4) is 0 Å². The van der Waals surface area contributed by atoms with E-state index in [1.54, 1.807) is 0 Å². The van der Waals surface area contributed by atoms with Crippen LogP contribution in [-0.2, 0) is 4.79 Å². The van der Waals surface area contributed by atoms with Crippen molar-refractivity contribution >= 4 is 23.9 Å². The summed E-state index contributed by atoms with van der Waals surface area (Å²) in [5, 5.41) is 8.64. The predicted molar refractivity (Wildman–Crippen MR) is 50.0 cm³/mol. The molecule has 1 aromatic rings. The minimum atomic E-state index is -1.08. The highest BCUT2D eigenvalue weighted by molar-refractivity contribution is 6.33. The largest absolute Gasteiger partial charge is 0.482 e. The number of halogens is 1. The molecule has 0 saturated heterocycles. The van der Waals surface area contributed by atoms with Crippen molar-refractivity contribution in [3.8, 4) is 5.75 Å². The smallest absolute Gasteiger partial charge is 0.341 e. The molecule has 0 heterocycles. The molecule has 0 aliphatic carbocycles. The molecule has 0 saturated carbocycles. The number of ether oxygens (including phenoxy) is 1. The first-order valence-corrected chi connectivity index (χ1v) is 4.10. The highest BCUT2D eigenvalue weighted by Gasteiger charge is 2.03. The Hall–Kier alpha value is -1.55. The van der Waals surface area contributed by atoms with Crippen LogP contribution in [0.25, 0.3) is 0 Å². The van der Waals surface area contributed by atoms with E-state index in [1.165, 1.54) is 18.2 Å². The highest BCUT2D eigenvalue weighted by Crippen LogP contribution is 2.20. The van der Waals surface area contributed by atoms with Crippen LogP contribution in [0.5, 0.6) is 5.75 Å². The average Bonchev–Trinajstić information content (AvgIpc) is 2.16. The second-order valence-electron chi connectivity index (χ2n) is 2.48. The molecule has 1 N–H and O–H groups in total. The van der Waals surface area contributed by atoms with Gasteiger partial charge in [0.05, 0.1) is 5.02 Å². The van der Waals surface area contributed by atoms with E-state index >= 15 is 0 Å². The minimum absolute atomic E-state index is 0.273. The molecule has 0 aliphatic rings. The number of carboxylic acid groups (broad SMARTS) is 1. The number of rotatable bonds is 4. The van der Waals surface area contributed by atoms with E-state index in [-0.39, 0.29) is 5.56 Å². The fourth-order valence-electron chi connectivity index (χ4n) is 0.847. The number of aldehydes is 1. The maximum absolute atomic E-state index is 10.5. The van der Waals surface area contributed by atoms with E-state index in [4.69, 9.17) is 21.4 Å². The maximum Gasteiger partial charge on any atom is 0.341 e. The molecule has 0 atom stereocenters. The van der Waals surface area contributed by atoms with Crippen LogP contribution < -0.4 is 4.74 Å². The zero-order chi connectivity index (χ0) is 10.6. The van der Waals surface area contributed by atoms with Gasteiger partial charge in [-0.3, -0.25) is 4.79 Å². The molecule has 5 heteroatoms. The van der Waals surface area contributed by atoms with E-state index in [0.717, 1.165) is 0 Å². The van der Waals surface area contributed by atoms with Gasteiger partial charge in [-0.05, 0) is 18.2 Å². The zero-order valence-electron chi connectivity index (χ0n) is 7.07. The average molecular weight is 215 g/mol. The highest BCUT2D eigenvalue weighted by atomic mass is 35.5. The minimum Gasteiger partial charge on any atom is -0.482 e. The van der Waals surface area contributed by atoms with Gasteiger partial charge in [0.25, 0.3) is 0 Å². The van der Waals surface area contributed by atoms with Gasteiger partial charge in [-0.1, -0.05) is 11.6 Å². The Morgan fingerprint density at radius 1 is 1.57 bits per heavy atom. The summed E-state index contributed by atoms with van der Waals surface area (Å²) in [6.45, 7) is -0.445. The van der Waals surface area contributed by atoms with E-state index in [9.17, 15) is 9.59 Å². The summed E-state index contributed by atoms with van der Waals surface area (Å²) in [7, 11) is 0. The topological polar surface area (TPSA) is 63.6 Å². The van der Waals surface area contributed by atoms with Gasteiger partial charge in [-0.25, -0.2) is 4.79 Å². The van der Waals surface area contributed by atoms with Gasteiger partial charge < -0.3 is 9.84 Å². The van der Waals surface area contributed by atoms with Crippen LogP contribution in [0.15, 0.2) is 18.2 Å². The number of hydrogen-bond acceptors (Lipinski definition) is 3. The lowest BCUT2D eigenvalue weighted by atomic mass is 10.2. The SMILES string of the molecule is O=Cc1cc(OCC(=O)O)ccc1Cl. The summed E-state index contributed by atoms with van der Waals surface area (Å²) in [5.74, 6) is -0.772. The van der Waals surface area contributed by atoms with Crippen LogP contribution in [-0.4, -0.2) is 24.0 Å². The van der Waals surface area contributed by atoms with Crippen LogP contribution in [0.4, 0.5) is 0 Å². The molecular weight excluding hydrogens is 208 g/mol. The summed E-state index contributed by atoms with van der Waals surface area (Å²) in [6.07, 6.45) is 0.579. The Morgan fingerprint density at radius 3 is 2.86 bits per heavy atom. The first-order valence-electron chi connectivity index (χ1n) is 3.73. The predicted octanol–water partition coefficient (Wildman–Crippen LogP) is 1.62. The maximum atomic E-state index is 10.5. The molecule has 4 nitrogen and oxygen atoms in total. The molecule has 0 bridgehead atoms. The van der Waals surface area contributed by atoms with Crippen LogP contribution >= 0.6 is 11.6 Å². The fraction of sp³-hybridized carbons (Fsp3) is 0.111. The summed E-state index contributed by atoms with van der Waals surface area (Å²) in [6, 6.07) is 4.36. The van der Waals surface area contributed by atoms with Gasteiger partial charge in [-0.2, -0.15) is 0 Å². The Balaban J connectivity index is 2.79. The first kappa shape index (κ1) is 10.5. The lowest BCUT2D eigenvalue weighted by Crippen LogP contribution is -2.09. The quantitative estimate of drug-likeness (QED) is 0.774. The molecular formula is C9H7ClO4. The second-order valence-corrected chi connectivity index (χ2v) is 2.89. The number of carbonyl (C=O) groups is 2. The van der Waals surface area contributed by atoms with Crippen molar-refractivity contribution in [1.29, 1.82) is 0 Å². The summed E-state index contributed by atoms with van der Waals surface area (Å²) in [4.78, 5) is 20.6.